The summed E-state index contributed by atoms with van der Waals surface area (Å²) >= 11 is 0. The summed E-state index contributed by atoms with van der Waals surface area (Å²) in [5.41, 5.74) is 1.56. The number of rotatable bonds is 6. The molecule has 1 rings (SSSR count). The van der Waals surface area contributed by atoms with Gasteiger partial charge in [0.05, 0.1) is 13.2 Å². The molecule has 1 aromatic rings. The minimum atomic E-state index is -0.0579. The Kier molecular flexibility index (Phi) is 5.01. The molecule has 0 aliphatic heterocycles. The molecule has 0 spiro atoms. The zero-order chi connectivity index (χ0) is 12.0. The predicted octanol–water partition coefficient (Wildman–Crippen LogP) is 0.207. The molecule has 1 heterocycles. The van der Waals surface area contributed by atoms with Gasteiger partial charge in [0.2, 0.25) is 0 Å². The molecule has 16 heavy (non-hydrogen) atoms. The molecular weight excluding hydrogens is 208 g/mol. The molecule has 90 valence electrons. The van der Waals surface area contributed by atoms with Gasteiger partial charge in [-0.1, -0.05) is 0 Å². The molecule has 5 nitrogen and oxygen atoms in total. The molecule has 0 amide bonds. The highest BCUT2D eigenvalue weighted by Crippen LogP contribution is 2.06. The molecule has 0 atom stereocenters. The molecule has 0 saturated carbocycles. The van der Waals surface area contributed by atoms with Crippen molar-refractivity contribution < 1.29 is 9.84 Å². The van der Waals surface area contributed by atoms with Gasteiger partial charge >= 0.3 is 0 Å². The molecule has 0 aliphatic carbocycles. The van der Waals surface area contributed by atoms with Gasteiger partial charge in [0, 0.05) is 37.6 Å². The number of ether oxygens (including phenoxy) is 1. The lowest BCUT2D eigenvalue weighted by Gasteiger charge is -2.11. The lowest BCUT2D eigenvalue weighted by atomic mass is 10.3. The number of hydrogen-bond acceptors (Lipinski definition) is 4. The van der Waals surface area contributed by atoms with Crippen LogP contribution in [0.3, 0.4) is 0 Å². The van der Waals surface area contributed by atoms with Crippen LogP contribution in [0.4, 0.5) is 5.69 Å². The first kappa shape index (κ1) is 12.7. The minimum Gasteiger partial charge on any atom is -0.395 e. The summed E-state index contributed by atoms with van der Waals surface area (Å²) in [6.45, 7) is 3.44. The number of hydrogen-bond donors (Lipinski definition) is 2. The molecule has 0 bridgehead atoms. The van der Waals surface area contributed by atoms with Crippen molar-refractivity contribution in [3.05, 3.63) is 28.2 Å². The zero-order valence-electron chi connectivity index (χ0n) is 9.69. The van der Waals surface area contributed by atoms with Crippen LogP contribution in [-0.2, 0) is 11.3 Å². The second-order valence-electron chi connectivity index (χ2n) is 3.52. The van der Waals surface area contributed by atoms with Crippen molar-refractivity contribution in [1.29, 1.82) is 0 Å². The summed E-state index contributed by atoms with van der Waals surface area (Å²) in [6.07, 6.45) is 0. The van der Waals surface area contributed by atoms with Crippen LogP contribution in [0.15, 0.2) is 16.9 Å². The fourth-order valence-corrected chi connectivity index (χ4v) is 1.50. The van der Waals surface area contributed by atoms with Gasteiger partial charge in [-0.15, -0.1) is 0 Å². The van der Waals surface area contributed by atoms with E-state index in [9.17, 15) is 4.79 Å². The molecule has 0 aromatic carbocycles. The van der Waals surface area contributed by atoms with Crippen molar-refractivity contribution >= 4 is 5.69 Å². The minimum absolute atomic E-state index is 0.0474. The summed E-state index contributed by atoms with van der Waals surface area (Å²) in [4.78, 5) is 11.7. The molecular formula is C11H18N2O3. The number of nitrogens with one attached hydrogen (secondary N) is 1. The summed E-state index contributed by atoms with van der Waals surface area (Å²) in [5.74, 6) is 0. The first-order valence-corrected chi connectivity index (χ1v) is 5.24. The Balaban J connectivity index is 2.85. The van der Waals surface area contributed by atoms with Gasteiger partial charge in [0.1, 0.15) is 0 Å². The van der Waals surface area contributed by atoms with E-state index in [4.69, 9.17) is 9.84 Å². The first-order chi connectivity index (χ1) is 7.69. The third-order valence-electron chi connectivity index (χ3n) is 2.30. The number of aromatic nitrogens is 1. The third-order valence-corrected chi connectivity index (χ3v) is 2.30. The van der Waals surface area contributed by atoms with Crippen molar-refractivity contribution in [3.8, 4) is 0 Å². The Morgan fingerprint density at radius 3 is 2.81 bits per heavy atom. The molecule has 0 unspecified atom stereocenters. The second-order valence-corrected chi connectivity index (χ2v) is 3.52. The number of nitrogens with zero attached hydrogens (tertiary/aromatic N) is 1. The maximum absolute atomic E-state index is 11.7. The highest BCUT2D eigenvalue weighted by Gasteiger charge is 2.02. The van der Waals surface area contributed by atoms with Crippen molar-refractivity contribution in [2.75, 3.05) is 32.2 Å². The van der Waals surface area contributed by atoms with Crippen molar-refractivity contribution in [1.82, 2.24) is 4.57 Å². The van der Waals surface area contributed by atoms with Gasteiger partial charge in [-0.3, -0.25) is 4.79 Å². The zero-order valence-corrected chi connectivity index (χ0v) is 9.69. The number of pyridine rings is 1. The van der Waals surface area contributed by atoms with E-state index >= 15 is 0 Å². The highest BCUT2D eigenvalue weighted by molar-refractivity contribution is 5.43. The van der Waals surface area contributed by atoms with Crippen LogP contribution in [0.2, 0.25) is 0 Å². The predicted molar refractivity (Wildman–Crippen MR) is 62.9 cm³/mol. The van der Waals surface area contributed by atoms with Gasteiger partial charge in [-0.25, -0.2) is 0 Å². The number of methoxy groups -OCH3 is 1. The lowest BCUT2D eigenvalue weighted by Crippen LogP contribution is -2.24. The smallest absolute Gasteiger partial charge is 0.252 e. The van der Waals surface area contributed by atoms with Crippen molar-refractivity contribution in [3.63, 3.8) is 0 Å². The van der Waals surface area contributed by atoms with Crippen molar-refractivity contribution in [2.24, 2.45) is 0 Å². The molecule has 1 aromatic heterocycles. The normalized spacial score (nSPS) is 10.4. The van der Waals surface area contributed by atoms with Crippen LogP contribution in [0.1, 0.15) is 5.69 Å². The Morgan fingerprint density at radius 2 is 2.25 bits per heavy atom. The van der Waals surface area contributed by atoms with Gasteiger partial charge in [-0.2, -0.15) is 0 Å². The van der Waals surface area contributed by atoms with E-state index < -0.39 is 0 Å². The van der Waals surface area contributed by atoms with E-state index in [2.05, 4.69) is 5.32 Å². The van der Waals surface area contributed by atoms with Crippen LogP contribution in [0, 0.1) is 6.92 Å². The Labute approximate surface area is 94.7 Å². The van der Waals surface area contributed by atoms with Crippen LogP contribution in [-0.4, -0.2) is 36.5 Å². The number of aryl methyl sites for hydroxylation is 1. The molecule has 2 N–H and O–H groups in total. The molecule has 5 heteroatoms. The van der Waals surface area contributed by atoms with Crippen LogP contribution in [0.25, 0.3) is 0 Å². The Morgan fingerprint density at radius 1 is 1.50 bits per heavy atom. The topological polar surface area (TPSA) is 63.5 Å². The number of aliphatic hydroxyl groups is 1. The van der Waals surface area contributed by atoms with E-state index in [1.807, 2.05) is 13.0 Å². The van der Waals surface area contributed by atoms with Gasteiger partial charge in [-0.05, 0) is 13.0 Å². The molecule has 0 aliphatic rings. The van der Waals surface area contributed by atoms with E-state index in [1.54, 1.807) is 11.7 Å². The summed E-state index contributed by atoms with van der Waals surface area (Å²) in [7, 11) is 1.61. The van der Waals surface area contributed by atoms with Gasteiger partial charge in [0.15, 0.2) is 0 Å². The largest absolute Gasteiger partial charge is 0.395 e. The number of aliphatic hydroxyl groups excluding tert-OH is 1. The van der Waals surface area contributed by atoms with E-state index in [0.717, 1.165) is 11.4 Å². The van der Waals surface area contributed by atoms with Crippen molar-refractivity contribution in [2.45, 2.75) is 13.5 Å². The maximum atomic E-state index is 11.7. The second kappa shape index (κ2) is 6.30. The van der Waals surface area contributed by atoms with Crippen LogP contribution in [0.5, 0.6) is 0 Å². The fraction of sp³-hybridized carbons (Fsp3) is 0.545. The average molecular weight is 226 g/mol. The third kappa shape index (κ3) is 3.36. The molecule has 0 saturated heterocycles. The Hall–Kier alpha value is -1.33. The monoisotopic (exact) mass is 226 g/mol. The van der Waals surface area contributed by atoms with E-state index in [1.165, 1.54) is 6.07 Å². The van der Waals surface area contributed by atoms with Crippen LogP contribution >= 0.6 is 0 Å². The van der Waals surface area contributed by atoms with Gasteiger partial charge in [0.25, 0.3) is 5.56 Å². The highest BCUT2D eigenvalue weighted by atomic mass is 16.5. The fourth-order valence-electron chi connectivity index (χ4n) is 1.50. The molecule has 0 fully saturated rings. The van der Waals surface area contributed by atoms with Gasteiger partial charge < -0.3 is 19.7 Å². The quantitative estimate of drug-likeness (QED) is 0.727. The Bertz CT molecular complexity index is 387. The summed E-state index contributed by atoms with van der Waals surface area (Å²) < 4.78 is 6.60. The maximum Gasteiger partial charge on any atom is 0.252 e. The van der Waals surface area contributed by atoms with E-state index in [-0.39, 0.29) is 12.2 Å². The van der Waals surface area contributed by atoms with E-state index in [0.29, 0.717) is 19.7 Å². The summed E-state index contributed by atoms with van der Waals surface area (Å²) in [5, 5.41) is 11.6. The lowest BCUT2D eigenvalue weighted by molar-refractivity contribution is 0.185. The summed E-state index contributed by atoms with van der Waals surface area (Å²) in [6, 6.07) is 3.41. The first-order valence-electron chi connectivity index (χ1n) is 5.24. The molecule has 0 radical (unpaired) electrons. The standard InChI is InChI=1S/C11H18N2O3/c1-9-7-10(12-3-5-14)8-11(15)13(9)4-6-16-2/h7-8,12,14H,3-6H2,1-2H3. The number of anilines is 1. The SMILES string of the molecule is COCCn1c(C)cc(NCCO)cc1=O. The average Bonchev–Trinajstić information content (AvgIpc) is 2.25. The van der Waals surface area contributed by atoms with Crippen LogP contribution < -0.4 is 10.9 Å².